The summed E-state index contributed by atoms with van der Waals surface area (Å²) in [5.74, 6) is -0.997. The van der Waals surface area contributed by atoms with E-state index < -0.39 is 23.5 Å². The molecule has 0 radical (unpaired) electrons. The van der Waals surface area contributed by atoms with E-state index in [-0.39, 0.29) is 18.4 Å². The molecule has 136 valence electrons. The second-order valence-electron chi connectivity index (χ2n) is 7.34. The molecule has 0 spiro atoms. The van der Waals surface area contributed by atoms with E-state index in [2.05, 4.69) is 5.32 Å². The van der Waals surface area contributed by atoms with Crippen molar-refractivity contribution in [3.63, 3.8) is 0 Å². The number of fused-ring (bicyclic) bond motifs is 1. The molecule has 2 atom stereocenters. The molecule has 2 rings (SSSR count). The van der Waals surface area contributed by atoms with Gasteiger partial charge in [0, 0.05) is 12.1 Å². The average molecular weight is 346 g/mol. The molecular formula is C19H26N2O4. The lowest BCUT2D eigenvalue weighted by atomic mass is 9.84. The minimum absolute atomic E-state index is 0.158. The first-order chi connectivity index (χ1) is 11.7. The fourth-order valence-electron chi connectivity index (χ4n) is 3.11. The molecule has 0 unspecified atom stereocenters. The molecule has 0 bridgehead atoms. The van der Waals surface area contributed by atoms with Gasteiger partial charge in [0.25, 0.3) is 5.91 Å². The van der Waals surface area contributed by atoms with E-state index >= 15 is 0 Å². The lowest BCUT2D eigenvalue weighted by Crippen LogP contribution is -2.56. The third-order valence-electron chi connectivity index (χ3n) is 4.23. The molecule has 6 nitrogen and oxygen atoms in total. The number of nitrogens with zero attached hydrogens (tertiary/aromatic N) is 1. The van der Waals surface area contributed by atoms with Gasteiger partial charge in [0.05, 0.1) is 6.61 Å². The molecule has 0 aliphatic carbocycles. The normalized spacial score (nSPS) is 16.2. The highest BCUT2D eigenvalue weighted by molar-refractivity contribution is 6.01. The van der Waals surface area contributed by atoms with Gasteiger partial charge in [-0.15, -0.1) is 0 Å². The zero-order valence-electron chi connectivity index (χ0n) is 15.5. The van der Waals surface area contributed by atoms with Gasteiger partial charge in [-0.05, 0) is 30.9 Å². The van der Waals surface area contributed by atoms with Crippen molar-refractivity contribution in [2.24, 2.45) is 5.41 Å². The van der Waals surface area contributed by atoms with Crippen LogP contribution in [0.15, 0.2) is 24.3 Å². The topological polar surface area (TPSA) is 75.7 Å². The molecule has 1 aromatic carbocycles. The number of carbonyl (C=O) groups excluding carboxylic acids is 3. The Morgan fingerprint density at radius 3 is 2.48 bits per heavy atom. The van der Waals surface area contributed by atoms with Gasteiger partial charge >= 0.3 is 5.97 Å². The van der Waals surface area contributed by atoms with Gasteiger partial charge in [-0.2, -0.15) is 0 Å². The van der Waals surface area contributed by atoms with Crippen molar-refractivity contribution in [3.05, 3.63) is 35.4 Å². The standard InChI is InChI=1S/C19H26N2O4/c1-6-25-18(24)12(2)20-16(22)15(19(3,4)5)21-11-13-9-7-8-10-14(13)17(21)23/h7-10,12,15H,6,11H2,1-5H3,(H,20,22)/t12-,15+/m0/s1. The van der Waals surface area contributed by atoms with Crippen LogP contribution in [-0.2, 0) is 20.9 Å². The summed E-state index contributed by atoms with van der Waals surface area (Å²) in [6, 6.07) is 5.91. The molecule has 6 heteroatoms. The first-order valence-electron chi connectivity index (χ1n) is 8.52. The van der Waals surface area contributed by atoms with Crippen molar-refractivity contribution in [1.82, 2.24) is 10.2 Å². The molecule has 1 aliphatic rings. The minimum Gasteiger partial charge on any atom is -0.464 e. The van der Waals surface area contributed by atoms with Crippen molar-refractivity contribution in [3.8, 4) is 0 Å². The summed E-state index contributed by atoms with van der Waals surface area (Å²) in [5.41, 5.74) is 1.05. The van der Waals surface area contributed by atoms with Gasteiger partial charge in [0.15, 0.2) is 0 Å². The van der Waals surface area contributed by atoms with Crippen molar-refractivity contribution in [2.75, 3.05) is 6.61 Å². The van der Waals surface area contributed by atoms with Crippen molar-refractivity contribution >= 4 is 17.8 Å². The van der Waals surface area contributed by atoms with Crippen molar-refractivity contribution < 1.29 is 19.1 Å². The molecule has 1 N–H and O–H groups in total. The van der Waals surface area contributed by atoms with Gasteiger partial charge < -0.3 is 15.0 Å². The largest absolute Gasteiger partial charge is 0.464 e. The molecule has 0 saturated carbocycles. The van der Waals surface area contributed by atoms with Crippen LogP contribution in [-0.4, -0.2) is 41.4 Å². The number of hydrogen-bond donors (Lipinski definition) is 1. The summed E-state index contributed by atoms with van der Waals surface area (Å²) < 4.78 is 4.93. The first kappa shape index (κ1) is 19.0. The van der Waals surface area contributed by atoms with Crippen LogP contribution in [0.4, 0.5) is 0 Å². The summed E-state index contributed by atoms with van der Waals surface area (Å²) in [6.45, 7) is 9.65. The smallest absolute Gasteiger partial charge is 0.328 e. The molecule has 1 aliphatic heterocycles. The van der Waals surface area contributed by atoms with Crippen LogP contribution < -0.4 is 5.32 Å². The Kier molecular flexibility index (Phi) is 5.50. The highest BCUT2D eigenvalue weighted by Crippen LogP contribution is 2.32. The second kappa shape index (κ2) is 7.25. The van der Waals surface area contributed by atoms with E-state index in [0.717, 1.165) is 5.56 Å². The maximum Gasteiger partial charge on any atom is 0.328 e. The lowest BCUT2D eigenvalue weighted by Gasteiger charge is -2.37. The van der Waals surface area contributed by atoms with Crippen LogP contribution in [0.5, 0.6) is 0 Å². The van der Waals surface area contributed by atoms with E-state index in [4.69, 9.17) is 4.74 Å². The van der Waals surface area contributed by atoms with Crippen LogP contribution in [0.3, 0.4) is 0 Å². The van der Waals surface area contributed by atoms with Gasteiger partial charge in [0.2, 0.25) is 5.91 Å². The Balaban J connectivity index is 2.22. The summed E-state index contributed by atoms with van der Waals surface area (Å²) in [4.78, 5) is 39.0. The molecule has 0 fully saturated rings. The molecule has 1 heterocycles. The minimum atomic E-state index is -0.766. The first-order valence-corrected chi connectivity index (χ1v) is 8.52. The van der Waals surface area contributed by atoms with Crippen molar-refractivity contribution in [1.29, 1.82) is 0 Å². The maximum absolute atomic E-state index is 12.9. The average Bonchev–Trinajstić information content (AvgIpc) is 2.83. The predicted molar refractivity (Wildman–Crippen MR) is 93.8 cm³/mol. The Bertz CT molecular complexity index is 678. The Labute approximate surface area is 148 Å². The monoisotopic (exact) mass is 346 g/mol. The van der Waals surface area contributed by atoms with Crippen LogP contribution in [0.25, 0.3) is 0 Å². The van der Waals surface area contributed by atoms with Gasteiger partial charge in [-0.25, -0.2) is 4.79 Å². The fraction of sp³-hybridized carbons (Fsp3) is 0.526. The quantitative estimate of drug-likeness (QED) is 0.829. The fourth-order valence-corrected chi connectivity index (χ4v) is 3.11. The molecule has 0 saturated heterocycles. The lowest BCUT2D eigenvalue weighted by molar-refractivity contribution is -0.147. The van der Waals surface area contributed by atoms with Crippen LogP contribution in [0, 0.1) is 5.41 Å². The van der Waals surface area contributed by atoms with Crippen LogP contribution in [0.2, 0.25) is 0 Å². The number of hydrogen-bond acceptors (Lipinski definition) is 4. The third-order valence-corrected chi connectivity index (χ3v) is 4.23. The number of nitrogens with one attached hydrogen (secondary N) is 1. The molecule has 25 heavy (non-hydrogen) atoms. The van der Waals surface area contributed by atoms with E-state index in [1.807, 2.05) is 39.0 Å². The van der Waals surface area contributed by atoms with Crippen molar-refractivity contribution in [2.45, 2.75) is 53.2 Å². The van der Waals surface area contributed by atoms with Gasteiger partial charge in [-0.3, -0.25) is 9.59 Å². The number of benzene rings is 1. The molecule has 1 aromatic rings. The summed E-state index contributed by atoms with van der Waals surface area (Å²) in [5, 5.41) is 2.69. The maximum atomic E-state index is 12.9. The predicted octanol–water partition coefficient (Wildman–Crippen LogP) is 2.12. The Morgan fingerprint density at radius 1 is 1.28 bits per heavy atom. The van der Waals surface area contributed by atoms with Gasteiger partial charge in [0.1, 0.15) is 12.1 Å². The van der Waals surface area contributed by atoms with Crippen LogP contribution >= 0.6 is 0 Å². The molecular weight excluding hydrogens is 320 g/mol. The highest BCUT2D eigenvalue weighted by Gasteiger charge is 2.43. The third kappa shape index (κ3) is 4.00. The second-order valence-corrected chi connectivity index (χ2v) is 7.34. The van der Waals surface area contributed by atoms with E-state index in [1.165, 1.54) is 0 Å². The molecule has 0 aromatic heterocycles. The summed E-state index contributed by atoms with van der Waals surface area (Å²) in [7, 11) is 0. The zero-order chi connectivity index (χ0) is 18.8. The van der Waals surface area contributed by atoms with E-state index in [9.17, 15) is 14.4 Å². The Morgan fingerprint density at radius 2 is 1.92 bits per heavy atom. The molecule has 2 amide bonds. The number of amides is 2. The zero-order valence-corrected chi connectivity index (χ0v) is 15.5. The number of ether oxygens (including phenoxy) is 1. The summed E-state index contributed by atoms with van der Waals surface area (Å²) >= 11 is 0. The van der Waals surface area contributed by atoms with E-state index in [1.54, 1.807) is 24.8 Å². The Hall–Kier alpha value is -2.37. The summed E-state index contributed by atoms with van der Waals surface area (Å²) in [6.07, 6.45) is 0. The van der Waals surface area contributed by atoms with Gasteiger partial charge in [-0.1, -0.05) is 39.0 Å². The SMILES string of the molecule is CCOC(=O)[C@H](C)NC(=O)[C@@H](N1Cc2ccccc2C1=O)C(C)(C)C. The highest BCUT2D eigenvalue weighted by atomic mass is 16.5. The van der Waals surface area contributed by atoms with Crippen LogP contribution in [0.1, 0.15) is 50.5 Å². The number of rotatable bonds is 5. The van der Waals surface area contributed by atoms with E-state index in [0.29, 0.717) is 12.1 Å². The number of carbonyl (C=O) groups is 3. The number of esters is 1.